The third-order valence-corrected chi connectivity index (χ3v) is 13.5. The highest BCUT2D eigenvalue weighted by Gasteiger charge is 2.70. The molecule has 1 aliphatic heterocycles. The number of nitrogens with zero attached hydrogens (tertiary/aromatic N) is 2. The minimum atomic E-state index is -0.670. The Kier molecular flexibility index (Phi) is 6.53. The van der Waals surface area contributed by atoms with Crippen LogP contribution in [0.5, 0.6) is 0 Å². The van der Waals surface area contributed by atoms with Crippen LogP contribution in [0.2, 0.25) is 0 Å². The molecule has 42 heavy (non-hydrogen) atoms. The smallest absolute Gasteiger partial charge is 0.317 e. The van der Waals surface area contributed by atoms with Crippen LogP contribution in [-0.4, -0.2) is 54.3 Å². The maximum atomic E-state index is 14.7. The van der Waals surface area contributed by atoms with E-state index in [1.165, 1.54) is 0 Å². The second kappa shape index (κ2) is 9.27. The molecule has 7 heteroatoms. The van der Waals surface area contributed by atoms with E-state index < -0.39 is 16.4 Å². The highest BCUT2D eigenvalue weighted by molar-refractivity contribution is 6.04. The van der Waals surface area contributed by atoms with E-state index in [1.807, 2.05) is 30.9 Å². The van der Waals surface area contributed by atoms with Crippen molar-refractivity contribution in [3.8, 4) is 6.07 Å². The number of hydrogen-bond donors (Lipinski definition) is 1. The van der Waals surface area contributed by atoms with E-state index in [0.717, 1.165) is 50.5 Å². The number of allylic oxidation sites excluding steroid dienone is 4. The van der Waals surface area contributed by atoms with E-state index in [4.69, 9.17) is 4.74 Å². The molecule has 1 N–H and O–H groups in total. The second-order valence-electron chi connectivity index (χ2n) is 16.4. The molecular formula is C35H49N3O4. The molecule has 0 spiro atoms. The molecule has 7 atom stereocenters. The zero-order valence-electron chi connectivity index (χ0n) is 26.7. The molecule has 0 aromatic rings. The predicted octanol–water partition coefficient (Wildman–Crippen LogP) is 6.00. The number of amides is 2. The van der Waals surface area contributed by atoms with Crippen molar-refractivity contribution >= 4 is 17.6 Å². The Balaban J connectivity index is 1.45. The third-order valence-electron chi connectivity index (χ3n) is 13.5. The number of ketones is 2. The van der Waals surface area contributed by atoms with Crippen molar-refractivity contribution in [3.63, 3.8) is 0 Å². The Morgan fingerprint density at radius 1 is 1.00 bits per heavy atom. The van der Waals surface area contributed by atoms with E-state index >= 15 is 0 Å². The molecule has 2 amide bonds. The summed E-state index contributed by atoms with van der Waals surface area (Å²) in [5.74, 6) is -0.0211. The van der Waals surface area contributed by atoms with Gasteiger partial charge in [-0.15, -0.1) is 0 Å². The largest absolute Gasteiger partial charge is 0.378 e. The summed E-state index contributed by atoms with van der Waals surface area (Å²) in [5.41, 5.74) is -0.731. The Hall–Kier alpha value is -2.46. The van der Waals surface area contributed by atoms with Crippen LogP contribution in [0.1, 0.15) is 93.4 Å². The number of morpholine rings is 1. The van der Waals surface area contributed by atoms with Gasteiger partial charge in [0.15, 0.2) is 11.6 Å². The van der Waals surface area contributed by atoms with E-state index in [9.17, 15) is 19.6 Å². The Labute approximate surface area is 251 Å². The van der Waals surface area contributed by atoms with Crippen LogP contribution < -0.4 is 5.32 Å². The molecule has 1 heterocycles. The molecule has 0 aromatic carbocycles. The Morgan fingerprint density at radius 2 is 1.67 bits per heavy atom. The van der Waals surface area contributed by atoms with Gasteiger partial charge in [-0.2, -0.15) is 5.26 Å². The van der Waals surface area contributed by atoms with Crippen LogP contribution in [0, 0.1) is 56.2 Å². The van der Waals surface area contributed by atoms with Gasteiger partial charge in [0.25, 0.3) is 0 Å². The molecule has 1 saturated heterocycles. The van der Waals surface area contributed by atoms with Crippen LogP contribution in [0.25, 0.3) is 0 Å². The van der Waals surface area contributed by atoms with E-state index in [0.29, 0.717) is 26.3 Å². The quantitative estimate of drug-likeness (QED) is 0.413. The maximum absolute atomic E-state index is 14.7. The normalized spacial score (nSPS) is 43.9. The highest BCUT2D eigenvalue weighted by atomic mass is 16.5. The lowest BCUT2D eigenvalue weighted by Crippen LogP contribution is -2.70. The standard InChI is InChI=1S/C35H49N3O4/c1-30(2)10-12-35(37-29(41)38-14-16-42-17-15-38)13-11-34(7)27(23(35)20-30)24(39)18-26-32(5)19-22(21-36)28(40)31(3,4)25(32)8-9-33(26,34)6/h18-19,23,25,27H,8-17,20H2,1-7H3,(H,37,41)/t23-,25-,27-,32-,33+,34+,35-/m0/s1. The van der Waals surface area contributed by atoms with Gasteiger partial charge in [-0.3, -0.25) is 9.59 Å². The molecule has 4 fully saturated rings. The number of hydrogen-bond acceptors (Lipinski definition) is 5. The molecule has 5 aliphatic carbocycles. The second-order valence-corrected chi connectivity index (χ2v) is 16.4. The number of carbonyl (C=O) groups excluding carboxylic acids is 3. The number of fused-ring (bicyclic) bond motifs is 7. The maximum Gasteiger partial charge on any atom is 0.317 e. The van der Waals surface area contributed by atoms with Gasteiger partial charge < -0.3 is 15.0 Å². The fourth-order valence-electron chi connectivity index (χ4n) is 10.9. The minimum absolute atomic E-state index is 0.0198. The van der Waals surface area contributed by atoms with E-state index in [2.05, 4.69) is 46.0 Å². The molecular weight excluding hydrogens is 526 g/mol. The highest BCUT2D eigenvalue weighted by Crippen LogP contribution is 2.73. The van der Waals surface area contributed by atoms with Crippen molar-refractivity contribution < 1.29 is 19.1 Å². The van der Waals surface area contributed by atoms with Crippen LogP contribution in [0.4, 0.5) is 4.79 Å². The molecule has 0 bridgehead atoms. The van der Waals surface area contributed by atoms with E-state index in [1.54, 1.807) is 0 Å². The minimum Gasteiger partial charge on any atom is -0.378 e. The number of nitrogens with one attached hydrogen (secondary N) is 1. The van der Waals surface area contributed by atoms with Crippen molar-refractivity contribution in [1.29, 1.82) is 5.26 Å². The zero-order chi connectivity index (χ0) is 30.5. The average molecular weight is 576 g/mol. The van der Waals surface area contributed by atoms with Crippen molar-refractivity contribution in [1.82, 2.24) is 10.2 Å². The first-order valence-electron chi connectivity index (χ1n) is 16.1. The number of urea groups is 1. The SMILES string of the molecule is CC1(C)CC[C@]2(NC(=O)N3CCOCC3)CC[C@]3(C)[C@H](C(=O)C=C4[C@@]5(C)C=C(C#N)C(=O)C(C)(C)[C@@H]5CC[C@]43C)[C@@H]2C1. The van der Waals surface area contributed by atoms with Crippen molar-refractivity contribution in [2.45, 2.75) is 99.0 Å². The molecule has 228 valence electrons. The van der Waals surface area contributed by atoms with Gasteiger partial charge in [0.2, 0.25) is 0 Å². The monoisotopic (exact) mass is 575 g/mol. The summed E-state index contributed by atoms with van der Waals surface area (Å²) in [6, 6.07) is 2.18. The molecule has 3 saturated carbocycles. The number of carbonyl (C=O) groups is 3. The lowest BCUT2D eigenvalue weighted by atomic mass is 9.35. The van der Waals surface area contributed by atoms with Crippen LogP contribution in [0.15, 0.2) is 23.3 Å². The van der Waals surface area contributed by atoms with Gasteiger partial charge in [0, 0.05) is 35.4 Å². The first-order chi connectivity index (χ1) is 19.5. The van der Waals surface area contributed by atoms with Gasteiger partial charge >= 0.3 is 6.03 Å². The molecule has 6 rings (SSSR count). The van der Waals surface area contributed by atoms with Gasteiger partial charge in [0.1, 0.15) is 6.07 Å². The summed E-state index contributed by atoms with van der Waals surface area (Å²) in [7, 11) is 0. The molecule has 0 radical (unpaired) electrons. The molecule has 7 nitrogen and oxygen atoms in total. The summed E-state index contributed by atoms with van der Waals surface area (Å²) in [5, 5.41) is 13.5. The first kappa shape index (κ1) is 29.6. The van der Waals surface area contributed by atoms with Gasteiger partial charge in [-0.1, -0.05) is 60.1 Å². The summed E-state index contributed by atoms with van der Waals surface area (Å²) in [6.45, 7) is 17.8. The van der Waals surface area contributed by atoms with Gasteiger partial charge in [-0.25, -0.2) is 4.79 Å². The third kappa shape index (κ3) is 3.89. The van der Waals surface area contributed by atoms with Gasteiger partial charge in [-0.05, 0) is 79.1 Å². The average Bonchev–Trinajstić information content (AvgIpc) is 2.93. The summed E-state index contributed by atoms with van der Waals surface area (Å²) >= 11 is 0. The predicted molar refractivity (Wildman–Crippen MR) is 160 cm³/mol. The lowest BCUT2D eigenvalue weighted by molar-refractivity contribution is -0.160. The van der Waals surface area contributed by atoms with Gasteiger partial charge in [0.05, 0.1) is 18.8 Å². The van der Waals surface area contributed by atoms with Crippen molar-refractivity contribution in [3.05, 3.63) is 23.3 Å². The van der Waals surface area contributed by atoms with Crippen LogP contribution in [-0.2, 0) is 14.3 Å². The Bertz CT molecular complexity index is 1330. The number of rotatable bonds is 1. The first-order valence-corrected chi connectivity index (χ1v) is 16.1. The van der Waals surface area contributed by atoms with Crippen LogP contribution in [0.3, 0.4) is 0 Å². The summed E-state index contributed by atoms with van der Waals surface area (Å²) < 4.78 is 5.50. The molecule has 6 aliphatic rings. The zero-order valence-corrected chi connectivity index (χ0v) is 26.7. The van der Waals surface area contributed by atoms with E-state index in [-0.39, 0.29) is 57.2 Å². The Morgan fingerprint density at radius 3 is 2.33 bits per heavy atom. The molecule has 0 aromatic heterocycles. The van der Waals surface area contributed by atoms with Crippen molar-refractivity contribution in [2.24, 2.45) is 44.8 Å². The van der Waals surface area contributed by atoms with Crippen LogP contribution >= 0.6 is 0 Å². The molecule has 0 unspecified atom stereocenters. The van der Waals surface area contributed by atoms with Crippen molar-refractivity contribution in [2.75, 3.05) is 26.3 Å². The lowest BCUT2D eigenvalue weighted by Gasteiger charge is -2.69. The topological polar surface area (TPSA) is 99.5 Å². The fourth-order valence-corrected chi connectivity index (χ4v) is 10.9. The number of ether oxygens (including phenoxy) is 1. The fraction of sp³-hybridized carbons (Fsp3) is 0.771. The summed E-state index contributed by atoms with van der Waals surface area (Å²) in [6.07, 6.45) is 10.2. The number of nitriles is 1. The summed E-state index contributed by atoms with van der Waals surface area (Å²) in [4.78, 5) is 43.5. The number of Topliss-reactive ketones (excluding diaryl/α,β-unsaturated/α-hetero) is 1.